The summed E-state index contributed by atoms with van der Waals surface area (Å²) in [7, 11) is 1.53. The number of ether oxygens (including phenoxy) is 2. The third-order valence-corrected chi connectivity index (χ3v) is 3.49. The molecular formula is C18H20O4. The number of aromatic hydroxyl groups is 1. The van der Waals surface area contributed by atoms with E-state index in [2.05, 4.69) is 0 Å². The van der Waals surface area contributed by atoms with E-state index in [1.165, 1.54) is 7.11 Å². The van der Waals surface area contributed by atoms with Crippen LogP contribution < -0.4 is 9.47 Å². The van der Waals surface area contributed by atoms with E-state index in [1.807, 2.05) is 26.8 Å². The Morgan fingerprint density at radius 2 is 1.82 bits per heavy atom. The van der Waals surface area contributed by atoms with Crippen LogP contribution in [-0.2, 0) is 0 Å². The van der Waals surface area contributed by atoms with Gasteiger partial charge in [0.15, 0.2) is 11.5 Å². The van der Waals surface area contributed by atoms with Gasteiger partial charge in [-0.2, -0.15) is 0 Å². The molecule has 2 aromatic rings. The first-order chi connectivity index (χ1) is 10.5. The van der Waals surface area contributed by atoms with Crippen molar-refractivity contribution in [2.45, 2.75) is 26.7 Å². The van der Waals surface area contributed by atoms with Gasteiger partial charge in [-0.25, -0.2) is 0 Å². The highest BCUT2D eigenvalue weighted by atomic mass is 16.5. The Bertz CT molecular complexity index is 690. The molecule has 4 nitrogen and oxygen atoms in total. The standard InChI is InChI=1S/C18H20O4/c1-11(2)14-9-17(12(3)7-15(14)20)22-16-6-5-13(10-19)8-18(16)21-4/h5-11,20H,1-4H3. The fourth-order valence-electron chi connectivity index (χ4n) is 2.22. The number of aldehydes is 1. The molecule has 4 heteroatoms. The number of methoxy groups -OCH3 is 1. The Hall–Kier alpha value is -2.49. The predicted octanol–water partition coefficient (Wildman–Crippen LogP) is 4.44. The molecule has 2 rings (SSSR count). The Morgan fingerprint density at radius 1 is 1.09 bits per heavy atom. The van der Waals surface area contributed by atoms with Gasteiger partial charge in [0.05, 0.1) is 7.11 Å². The lowest BCUT2D eigenvalue weighted by molar-refractivity contribution is 0.112. The van der Waals surface area contributed by atoms with E-state index in [0.717, 1.165) is 17.4 Å². The molecule has 0 fully saturated rings. The first-order valence-electron chi connectivity index (χ1n) is 7.10. The second kappa shape index (κ2) is 6.52. The van der Waals surface area contributed by atoms with Gasteiger partial charge in [-0.1, -0.05) is 13.8 Å². The summed E-state index contributed by atoms with van der Waals surface area (Å²) < 4.78 is 11.2. The summed E-state index contributed by atoms with van der Waals surface area (Å²) in [6.07, 6.45) is 0.759. The van der Waals surface area contributed by atoms with Gasteiger partial charge in [0.1, 0.15) is 17.8 Å². The van der Waals surface area contributed by atoms with Crippen LogP contribution in [0.3, 0.4) is 0 Å². The first-order valence-corrected chi connectivity index (χ1v) is 7.10. The van der Waals surface area contributed by atoms with Gasteiger partial charge in [0.2, 0.25) is 0 Å². The SMILES string of the molecule is COc1cc(C=O)ccc1Oc1cc(C(C)C)c(O)cc1C. The number of rotatable bonds is 5. The van der Waals surface area contributed by atoms with Crippen molar-refractivity contribution >= 4 is 6.29 Å². The lowest BCUT2D eigenvalue weighted by atomic mass is 10.00. The maximum atomic E-state index is 10.8. The molecule has 2 aromatic carbocycles. The number of benzene rings is 2. The molecule has 0 amide bonds. The molecule has 116 valence electrons. The Labute approximate surface area is 130 Å². The maximum absolute atomic E-state index is 10.8. The second-order valence-corrected chi connectivity index (χ2v) is 5.46. The molecule has 0 bridgehead atoms. The number of aryl methyl sites for hydroxylation is 1. The molecular weight excluding hydrogens is 280 g/mol. The molecule has 22 heavy (non-hydrogen) atoms. The summed E-state index contributed by atoms with van der Waals surface area (Å²) in [5, 5.41) is 10.0. The van der Waals surface area contributed by atoms with E-state index in [-0.39, 0.29) is 11.7 Å². The van der Waals surface area contributed by atoms with E-state index < -0.39 is 0 Å². The van der Waals surface area contributed by atoms with Crippen LogP contribution in [0.2, 0.25) is 0 Å². The van der Waals surface area contributed by atoms with Gasteiger partial charge in [-0.05, 0) is 48.7 Å². The zero-order valence-corrected chi connectivity index (χ0v) is 13.2. The molecule has 0 atom stereocenters. The Kier molecular flexibility index (Phi) is 4.71. The monoisotopic (exact) mass is 300 g/mol. The second-order valence-electron chi connectivity index (χ2n) is 5.46. The zero-order chi connectivity index (χ0) is 16.3. The number of phenolic OH excluding ortho intramolecular Hbond substituents is 1. The van der Waals surface area contributed by atoms with Gasteiger partial charge >= 0.3 is 0 Å². The minimum absolute atomic E-state index is 0.183. The highest BCUT2D eigenvalue weighted by molar-refractivity contribution is 5.76. The Morgan fingerprint density at radius 3 is 2.41 bits per heavy atom. The molecule has 0 aromatic heterocycles. The van der Waals surface area contributed by atoms with Crippen LogP contribution in [0.15, 0.2) is 30.3 Å². The van der Waals surface area contributed by atoms with E-state index in [4.69, 9.17) is 9.47 Å². The van der Waals surface area contributed by atoms with Crippen molar-refractivity contribution in [1.29, 1.82) is 0 Å². The molecule has 0 aliphatic carbocycles. The predicted molar refractivity (Wildman–Crippen MR) is 85.4 cm³/mol. The molecule has 0 radical (unpaired) electrons. The van der Waals surface area contributed by atoms with Crippen molar-refractivity contribution in [3.63, 3.8) is 0 Å². The van der Waals surface area contributed by atoms with E-state index in [9.17, 15) is 9.90 Å². The van der Waals surface area contributed by atoms with Crippen molar-refractivity contribution < 1.29 is 19.4 Å². The van der Waals surface area contributed by atoms with Crippen LogP contribution in [0.4, 0.5) is 0 Å². The van der Waals surface area contributed by atoms with Crippen LogP contribution in [0.5, 0.6) is 23.0 Å². The minimum Gasteiger partial charge on any atom is -0.508 e. The van der Waals surface area contributed by atoms with Crippen molar-refractivity contribution in [1.82, 2.24) is 0 Å². The van der Waals surface area contributed by atoms with Gasteiger partial charge < -0.3 is 14.6 Å². The minimum atomic E-state index is 0.183. The van der Waals surface area contributed by atoms with Gasteiger partial charge in [0.25, 0.3) is 0 Å². The molecule has 0 aliphatic heterocycles. The van der Waals surface area contributed by atoms with Crippen molar-refractivity contribution in [2.24, 2.45) is 0 Å². The lowest BCUT2D eigenvalue weighted by Gasteiger charge is -2.16. The number of carbonyl (C=O) groups is 1. The van der Waals surface area contributed by atoms with Crippen molar-refractivity contribution in [2.75, 3.05) is 7.11 Å². The average Bonchev–Trinajstić information content (AvgIpc) is 2.49. The Balaban J connectivity index is 2.42. The van der Waals surface area contributed by atoms with Gasteiger partial charge in [-0.3, -0.25) is 4.79 Å². The summed E-state index contributed by atoms with van der Waals surface area (Å²) in [6, 6.07) is 8.52. The zero-order valence-electron chi connectivity index (χ0n) is 13.2. The van der Waals surface area contributed by atoms with Crippen LogP contribution in [0, 0.1) is 6.92 Å². The number of hydrogen-bond acceptors (Lipinski definition) is 4. The number of carbonyl (C=O) groups excluding carboxylic acids is 1. The largest absolute Gasteiger partial charge is 0.508 e. The van der Waals surface area contributed by atoms with Crippen LogP contribution >= 0.6 is 0 Å². The molecule has 1 N–H and O–H groups in total. The molecule has 0 spiro atoms. The lowest BCUT2D eigenvalue weighted by Crippen LogP contribution is -1.96. The fraction of sp³-hybridized carbons (Fsp3) is 0.278. The van der Waals surface area contributed by atoms with Crippen molar-refractivity contribution in [3.8, 4) is 23.0 Å². The van der Waals surface area contributed by atoms with E-state index >= 15 is 0 Å². The summed E-state index contributed by atoms with van der Waals surface area (Å²) in [5.41, 5.74) is 2.17. The first kappa shape index (κ1) is 15.9. The summed E-state index contributed by atoms with van der Waals surface area (Å²) in [6.45, 7) is 5.88. The maximum Gasteiger partial charge on any atom is 0.169 e. The molecule has 0 aliphatic rings. The highest BCUT2D eigenvalue weighted by Gasteiger charge is 2.13. The average molecular weight is 300 g/mol. The van der Waals surface area contributed by atoms with Crippen LogP contribution in [-0.4, -0.2) is 18.5 Å². The summed E-state index contributed by atoms with van der Waals surface area (Å²) in [4.78, 5) is 10.8. The highest BCUT2D eigenvalue weighted by Crippen LogP contribution is 2.37. The van der Waals surface area contributed by atoms with Gasteiger partial charge in [-0.15, -0.1) is 0 Å². The van der Waals surface area contributed by atoms with Gasteiger partial charge in [0, 0.05) is 11.1 Å². The third kappa shape index (κ3) is 3.22. The fourth-order valence-corrected chi connectivity index (χ4v) is 2.22. The molecule has 0 saturated heterocycles. The van der Waals surface area contributed by atoms with Crippen molar-refractivity contribution in [3.05, 3.63) is 47.0 Å². The molecule has 0 heterocycles. The number of hydrogen-bond donors (Lipinski definition) is 1. The number of phenols is 1. The van der Waals surface area contributed by atoms with E-state index in [1.54, 1.807) is 24.3 Å². The van der Waals surface area contributed by atoms with Crippen LogP contribution in [0.25, 0.3) is 0 Å². The normalized spacial score (nSPS) is 10.6. The third-order valence-electron chi connectivity index (χ3n) is 3.49. The topological polar surface area (TPSA) is 55.8 Å². The molecule has 0 unspecified atom stereocenters. The summed E-state index contributed by atoms with van der Waals surface area (Å²) in [5.74, 6) is 2.11. The summed E-state index contributed by atoms with van der Waals surface area (Å²) >= 11 is 0. The smallest absolute Gasteiger partial charge is 0.169 e. The van der Waals surface area contributed by atoms with Crippen LogP contribution in [0.1, 0.15) is 41.3 Å². The quantitative estimate of drug-likeness (QED) is 0.829. The van der Waals surface area contributed by atoms with E-state index in [0.29, 0.717) is 22.8 Å². The molecule has 0 saturated carbocycles.